The number of anilines is 1. The zero-order chi connectivity index (χ0) is 20.4. The van der Waals surface area contributed by atoms with Gasteiger partial charge in [-0.15, -0.1) is 11.3 Å². The number of primary amides is 1. The fourth-order valence-corrected chi connectivity index (χ4v) is 4.96. The van der Waals surface area contributed by atoms with E-state index in [1.165, 1.54) is 32.7 Å². The standard InChI is InChI=1S/C20H24N2O5S/c1-10-5-6-11-14(9-10)28-20(15(11)18(21)23)22-19(24)12-7-8-13(25-2)17(27-4)16(12)26-3/h7-8,10H,5-6,9H2,1-4H3,(H2,21,23)(H,22,24)/t10-/m1/s1. The van der Waals surface area contributed by atoms with Gasteiger partial charge in [0.05, 0.1) is 32.5 Å². The second-order valence-corrected chi connectivity index (χ2v) is 7.86. The molecule has 8 heteroatoms. The molecule has 0 saturated heterocycles. The highest BCUT2D eigenvalue weighted by Gasteiger charge is 2.28. The van der Waals surface area contributed by atoms with Crippen LogP contribution in [0.1, 0.15) is 44.5 Å². The zero-order valence-corrected chi connectivity index (χ0v) is 17.2. The molecule has 1 atom stereocenters. The van der Waals surface area contributed by atoms with Gasteiger partial charge in [0, 0.05) is 4.88 Å². The number of carbonyl (C=O) groups excluding carboxylic acids is 2. The number of ether oxygens (including phenoxy) is 3. The maximum absolute atomic E-state index is 13.0. The number of nitrogens with two attached hydrogens (primary N) is 1. The Kier molecular flexibility index (Phi) is 5.79. The lowest BCUT2D eigenvalue weighted by Crippen LogP contribution is -2.19. The van der Waals surface area contributed by atoms with E-state index in [1.807, 2.05) is 0 Å². The first-order valence-electron chi connectivity index (χ1n) is 8.95. The number of hydrogen-bond acceptors (Lipinski definition) is 6. The molecule has 0 saturated carbocycles. The highest BCUT2D eigenvalue weighted by Crippen LogP contribution is 2.42. The summed E-state index contributed by atoms with van der Waals surface area (Å²) in [6.07, 6.45) is 2.68. The fraction of sp³-hybridized carbons (Fsp3) is 0.400. The lowest BCUT2D eigenvalue weighted by atomic mass is 9.88. The Morgan fingerprint density at radius 3 is 2.46 bits per heavy atom. The summed E-state index contributed by atoms with van der Waals surface area (Å²) in [5, 5.41) is 3.33. The number of benzene rings is 1. The van der Waals surface area contributed by atoms with Gasteiger partial charge < -0.3 is 25.3 Å². The van der Waals surface area contributed by atoms with Crippen LogP contribution >= 0.6 is 11.3 Å². The third-order valence-corrected chi connectivity index (χ3v) is 6.10. The maximum atomic E-state index is 13.0. The van der Waals surface area contributed by atoms with E-state index >= 15 is 0 Å². The highest BCUT2D eigenvalue weighted by molar-refractivity contribution is 7.17. The third-order valence-electron chi connectivity index (χ3n) is 4.93. The molecule has 7 nitrogen and oxygen atoms in total. The molecule has 0 bridgehead atoms. The van der Waals surface area contributed by atoms with Gasteiger partial charge in [0.15, 0.2) is 11.5 Å². The molecule has 1 heterocycles. The van der Waals surface area contributed by atoms with Gasteiger partial charge in [-0.25, -0.2) is 0 Å². The Morgan fingerprint density at radius 2 is 1.86 bits per heavy atom. The first kappa shape index (κ1) is 20.0. The topological polar surface area (TPSA) is 99.9 Å². The van der Waals surface area contributed by atoms with E-state index in [0.717, 1.165) is 29.7 Å². The van der Waals surface area contributed by atoms with Crippen LogP contribution in [0.3, 0.4) is 0 Å². The molecule has 3 rings (SSSR count). The Hall–Kier alpha value is -2.74. The summed E-state index contributed by atoms with van der Waals surface area (Å²) < 4.78 is 16.0. The third kappa shape index (κ3) is 3.52. The molecule has 0 radical (unpaired) electrons. The monoisotopic (exact) mass is 404 g/mol. The van der Waals surface area contributed by atoms with Crippen molar-refractivity contribution < 1.29 is 23.8 Å². The van der Waals surface area contributed by atoms with Crippen LogP contribution in [0.25, 0.3) is 0 Å². The number of amides is 2. The lowest BCUT2D eigenvalue weighted by molar-refractivity contribution is 0.1000. The molecule has 2 aromatic rings. The van der Waals surface area contributed by atoms with E-state index in [2.05, 4.69) is 12.2 Å². The molecule has 0 spiro atoms. The van der Waals surface area contributed by atoms with Crippen molar-refractivity contribution in [3.05, 3.63) is 33.7 Å². The summed E-state index contributed by atoms with van der Waals surface area (Å²) in [5.41, 5.74) is 7.28. The molecule has 0 aliphatic heterocycles. The van der Waals surface area contributed by atoms with Gasteiger partial charge in [0.2, 0.25) is 5.75 Å². The van der Waals surface area contributed by atoms with Gasteiger partial charge in [-0.05, 0) is 42.9 Å². The summed E-state index contributed by atoms with van der Waals surface area (Å²) in [5.74, 6) is 0.645. The van der Waals surface area contributed by atoms with E-state index in [-0.39, 0.29) is 11.3 Å². The Bertz CT molecular complexity index is 922. The van der Waals surface area contributed by atoms with Crippen LogP contribution in [0.15, 0.2) is 12.1 Å². The second kappa shape index (κ2) is 8.10. The van der Waals surface area contributed by atoms with Crippen molar-refractivity contribution in [1.29, 1.82) is 0 Å². The molecule has 0 unspecified atom stereocenters. The first-order valence-corrected chi connectivity index (χ1v) is 9.77. The van der Waals surface area contributed by atoms with Crippen LogP contribution in [-0.4, -0.2) is 33.1 Å². The Labute approximate surface area is 167 Å². The fourth-order valence-electron chi connectivity index (χ4n) is 3.55. The smallest absolute Gasteiger partial charge is 0.260 e. The van der Waals surface area contributed by atoms with Crippen LogP contribution in [0.5, 0.6) is 17.2 Å². The second-order valence-electron chi connectivity index (χ2n) is 6.76. The van der Waals surface area contributed by atoms with Crippen molar-refractivity contribution in [3.8, 4) is 17.2 Å². The SMILES string of the molecule is COc1ccc(C(=O)Nc2sc3c(c2C(N)=O)CC[C@@H](C)C3)c(OC)c1OC. The molecule has 1 aliphatic carbocycles. The maximum Gasteiger partial charge on any atom is 0.260 e. The van der Waals surface area contributed by atoms with Crippen LogP contribution in [0, 0.1) is 5.92 Å². The number of fused-ring (bicyclic) bond motifs is 1. The minimum atomic E-state index is -0.526. The van der Waals surface area contributed by atoms with Crippen molar-refractivity contribution in [2.24, 2.45) is 11.7 Å². The molecule has 1 aromatic heterocycles. The van der Waals surface area contributed by atoms with Crippen molar-refractivity contribution in [1.82, 2.24) is 0 Å². The normalized spacial score (nSPS) is 15.5. The average Bonchev–Trinajstić information content (AvgIpc) is 3.03. The molecule has 150 valence electrons. The van der Waals surface area contributed by atoms with Crippen LogP contribution < -0.4 is 25.3 Å². The number of nitrogens with one attached hydrogen (secondary N) is 1. The van der Waals surface area contributed by atoms with E-state index in [9.17, 15) is 9.59 Å². The molecule has 1 aromatic carbocycles. The van der Waals surface area contributed by atoms with Gasteiger partial charge in [-0.3, -0.25) is 9.59 Å². The minimum absolute atomic E-state index is 0.259. The highest BCUT2D eigenvalue weighted by atomic mass is 32.1. The lowest BCUT2D eigenvalue weighted by Gasteiger charge is -2.18. The van der Waals surface area contributed by atoms with Crippen LogP contribution in [0.4, 0.5) is 5.00 Å². The molecular weight excluding hydrogens is 380 g/mol. The first-order chi connectivity index (χ1) is 13.4. The summed E-state index contributed by atoms with van der Waals surface area (Å²) in [7, 11) is 4.43. The van der Waals surface area contributed by atoms with Crippen molar-refractivity contribution in [2.45, 2.75) is 26.2 Å². The van der Waals surface area contributed by atoms with E-state index < -0.39 is 11.8 Å². The summed E-state index contributed by atoms with van der Waals surface area (Å²) >= 11 is 1.42. The van der Waals surface area contributed by atoms with E-state index in [0.29, 0.717) is 28.0 Å². The predicted octanol–water partition coefficient (Wildman–Crippen LogP) is 3.25. The van der Waals surface area contributed by atoms with Gasteiger partial charge in [-0.1, -0.05) is 6.92 Å². The van der Waals surface area contributed by atoms with Crippen LogP contribution in [-0.2, 0) is 12.8 Å². The summed E-state index contributed by atoms with van der Waals surface area (Å²) in [4.78, 5) is 26.2. The van der Waals surface area contributed by atoms with Gasteiger partial charge in [0.1, 0.15) is 5.00 Å². The number of methoxy groups -OCH3 is 3. The molecule has 2 amide bonds. The number of carbonyl (C=O) groups is 2. The molecular formula is C20H24N2O5S. The molecule has 0 fully saturated rings. The quantitative estimate of drug-likeness (QED) is 0.770. The summed E-state index contributed by atoms with van der Waals surface area (Å²) in [6.45, 7) is 2.18. The largest absolute Gasteiger partial charge is 0.493 e. The van der Waals surface area contributed by atoms with Crippen molar-refractivity contribution >= 4 is 28.2 Å². The molecule has 1 aliphatic rings. The molecule has 28 heavy (non-hydrogen) atoms. The van der Waals surface area contributed by atoms with Crippen LogP contribution in [0.2, 0.25) is 0 Å². The van der Waals surface area contributed by atoms with Gasteiger partial charge in [-0.2, -0.15) is 0 Å². The predicted molar refractivity (Wildman–Crippen MR) is 108 cm³/mol. The number of rotatable bonds is 6. The van der Waals surface area contributed by atoms with E-state index in [4.69, 9.17) is 19.9 Å². The zero-order valence-electron chi connectivity index (χ0n) is 16.4. The number of hydrogen-bond donors (Lipinski definition) is 2. The Morgan fingerprint density at radius 1 is 1.14 bits per heavy atom. The minimum Gasteiger partial charge on any atom is -0.493 e. The van der Waals surface area contributed by atoms with Crippen molar-refractivity contribution in [2.75, 3.05) is 26.6 Å². The summed E-state index contributed by atoms with van der Waals surface area (Å²) in [6, 6.07) is 3.22. The number of thiophene rings is 1. The Balaban J connectivity index is 1.99. The average molecular weight is 404 g/mol. The molecule has 3 N–H and O–H groups in total. The van der Waals surface area contributed by atoms with Crippen molar-refractivity contribution in [3.63, 3.8) is 0 Å². The van der Waals surface area contributed by atoms with E-state index in [1.54, 1.807) is 12.1 Å². The van der Waals surface area contributed by atoms with Gasteiger partial charge >= 0.3 is 0 Å². The van der Waals surface area contributed by atoms with Gasteiger partial charge in [0.25, 0.3) is 11.8 Å².